The highest BCUT2D eigenvalue weighted by molar-refractivity contribution is 5.31. The Morgan fingerprint density at radius 1 is 1.14 bits per heavy atom. The lowest BCUT2D eigenvalue weighted by molar-refractivity contribution is 0.394. The lowest BCUT2D eigenvalue weighted by Crippen LogP contribution is -2.18. The molecule has 1 unspecified atom stereocenters. The van der Waals surface area contributed by atoms with Gasteiger partial charge < -0.3 is 15.2 Å². The van der Waals surface area contributed by atoms with Crippen LogP contribution in [0, 0.1) is 11.6 Å². The van der Waals surface area contributed by atoms with Crippen LogP contribution >= 0.6 is 0 Å². The molecule has 0 aliphatic heterocycles. The highest BCUT2D eigenvalue weighted by Crippen LogP contribution is 2.22. The van der Waals surface area contributed by atoms with E-state index in [0.717, 1.165) is 23.4 Å². The molecule has 0 amide bonds. The maximum Gasteiger partial charge on any atom is 0.187 e. The van der Waals surface area contributed by atoms with Crippen molar-refractivity contribution in [3.05, 3.63) is 59.2 Å². The van der Waals surface area contributed by atoms with Crippen LogP contribution in [0.4, 0.5) is 8.78 Å². The summed E-state index contributed by atoms with van der Waals surface area (Å²) >= 11 is 0. The first kappa shape index (κ1) is 15.3. The van der Waals surface area contributed by atoms with E-state index >= 15 is 0 Å². The van der Waals surface area contributed by atoms with Gasteiger partial charge in [0.25, 0.3) is 0 Å². The Morgan fingerprint density at radius 2 is 1.71 bits per heavy atom. The molecule has 0 radical (unpaired) electrons. The fourth-order valence-corrected chi connectivity index (χ4v) is 2.00. The number of benzene rings is 2. The van der Waals surface area contributed by atoms with E-state index in [1.54, 1.807) is 7.11 Å². The molecular weight excluding hydrogens is 276 g/mol. The first-order valence-corrected chi connectivity index (χ1v) is 6.55. The van der Waals surface area contributed by atoms with Crippen molar-refractivity contribution >= 4 is 0 Å². The van der Waals surface area contributed by atoms with Gasteiger partial charge >= 0.3 is 0 Å². The van der Waals surface area contributed by atoms with Gasteiger partial charge in [0.2, 0.25) is 0 Å². The Bertz CT molecular complexity index is 591. The number of aromatic hydroxyl groups is 1. The summed E-state index contributed by atoms with van der Waals surface area (Å²) in [4.78, 5) is 0. The van der Waals surface area contributed by atoms with E-state index in [4.69, 9.17) is 9.84 Å². The zero-order chi connectivity index (χ0) is 15.4. The van der Waals surface area contributed by atoms with E-state index in [-0.39, 0.29) is 6.04 Å². The van der Waals surface area contributed by atoms with Crippen LogP contribution in [-0.2, 0) is 6.54 Å². The Hall–Kier alpha value is -2.14. The molecule has 2 aromatic rings. The van der Waals surface area contributed by atoms with Gasteiger partial charge in [-0.05, 0) is 42.3 Å². The number of phenols is 1. The van der Waals surface area contributed by atoms with Crippen LogP contribution in [0.3, 0.4) is 0 Å². The Morgan fingerprint density at radius 3 is 2.24 bits per heavy atom. The zero-order valence-corrected chi connectivity index (χ0v) is 11.9. The van der Waals surface area contributed by atoms with Gasteiger partial charge in [0.15, 0.2) is 17.4 Å². The molecule has 0 aliphatic carbocycles. The monoisotopic (exact) mass is 293 g/mol. The number of nitrogens with one attached hydrogen (secondary N) is 1. The molecule has 21 heavy (non-hydrogen) atoms. The first-order chi connectivity index (χ1) is 10.0. The van der Waals surface area contributed by atoms with Crippen LogP contribution in [0.1, 0.15) is 24.1 Å². The maximum atomic E-state index is 13.2. The SMILES string of the molecule is COc1ccc(C(C)NCc2cc(F)c(O)c(F)c2)cc1. The molecule has 0 saturated carbocycles. The molecule has 2 aromatic carbocycles. The van der Waals surface area contributed by atoms with Crippen molar-refractivity contribution in [2.24, 2.45) is 0 Å². The largest absolute Gasteiger partial charge is 0.503 e. The normalized spacial score (nSPS) is 12.2. The average Bonchev–Trinajstić information content (AvgIpc) is 2.50. The number of hydrogen-bond donors (Lipinski definition) is 2. The molecule has 0 spiro atoms. The van der Waals surface area contributed by atoms with E-state index in [1.807, 2.05) is 31.2 Å². The molecule has 3 nitrogen and oxygen atoms in total. The maximum absolute atomic E-state index is 13.2. The quantitative estimate of drug-likeness (QED) is 0.886. The van der Waals surface area contributed by atoms with Crippen molar-refractivity contribution in [2.75, 3.05) is 7.11 Å². The summed E-state index contributed by atoms with van der Waals surface area (Å²) in [6.45, 7) is 2.25. The van der Waals surface area contributed by atoms with Crippen molar-refractivity contribution in [3.63, 3.8) is 0 Å². The molecule has 5 heteroatoms. The highest BCUT2D eigenvalue weighted by Gasteiger charge is 2.11. The van der Waals surface area contributed by atoms with Crippen molar-refractivity contribution in [1.82, 2.24) is 5.32 Å². The molecule has 112 valence electrons. The lowest BCUT2D eigenvalue weighted by Gasteiger charge is -2.15. The van der Waals surface area contributed by atoms with Crippen molar-refractivity contribution in [2.45, 2.75) is 19.5 Å². The predicted octanol–water partition coefficient (Wildman–Crippen LogP) is 3.53. The Balaban J connectivity index is 2.01. The van der Waals surface area contributed by atoms with Gasteiger partial charge in [-0.1, -0.05) is 12.1 Å². The van der Waals surface area contributed by atoms with Crippen LogP contribution in [0.15, 0.2) is 36.4 Å². The first-order valence-electron chi connectivity index (χ1n) is 6.55. The number of halogens is 2. The number of hydrogen-bond acceptors (Lipinski definition) is 3. The van der Waals surface area contributed by atoms with E-state index in [0.29, 0.717) is 12.1 Å². The van der Waals surface area contributed by atoms with Crippen LogP contribution in [0.25, 0.3) is 0 Å². The van der Waals surface area contributed by atoms with Crippen LogP contribution in [-0.4, -0.2) is 12.2 Å². The minimum Gasteiger partial charge on any atom is -0.503 e. The molecule has 2 N–H and O–H groups in total. The molecule has 0 aromatic heterocycles. The van der Waals surface area contributed by atoms with E-state index in [9.17, 15) is 8.78 Å². The van der Waals surface area contributed by atoms with E-state index in [1.165, 1.54) is 0 Å². The number of rotatable bonds is 5. The third-order valence-corrected chi connectivity index (χ3v) is 3.30. The molecule has 2 rings (SSSR count). The van der Waals surface area contributed by atoms with Crippen molar-refractivity contribution in [3.8, 4) is 11.5 Å². The molecule has 1 atom stereocenters. The van der Waals surface area contributed by atoms with E-state index < -0.39 is 17.4 Å². The van der Waals surface area contributed by atoms with Crippen molar-refractivity contribution in [1.29, 1.82) is 0 Å². The van der Waals surface area contributed by atoms with Crippen LogP contribution in [0.2, 0.25) is 0 Å². The topological polar surface area (TPSA) is 41.5 Å². The summed E-state index contributed by atoms with van der Waals surface area (Å²) in [5, 5.41) is 12.2. The number of ether oxygens (including phenoxy) is 1. The summed E-state index contributed by atoms with van der Waals surface area (Å²) < 4.78 is 31.6. The fourth-order valence-electron chi connectivity index (χ4n) is 2.00. The molecule has 0 fully saturated rings. The predicted molar refractivity (Wildman–Crippen MR) is 76.3 cm³/mol. The van der Waals surface area contributed by atoms with Gasteiger partial charge in [-0.15, -0.1) is 0 Å². The molecular formula is C16H17F2NO2. The molecule has 0 saturated heterocycles. The van der Waals surface area contributed by atoms with Crippen LogP contribution in [0.5, 0.6) is 11.5 Å². The fraction of sp³-hybridized carbons (Fsp3) is 0.250. The third kappa shape index (κ3) is 3.70. The Kier molecular flexibility index (Phi) is 4.75. The Labute approximate surface area is 122 Å². The number of phenolic OH excluding ortho intramolecular Hbond substituents is 1. The molecule has 0 aliphatic rings. The number of methoxy groups -OCH3 is 1. The minimum absolute atomic E-state index is 0.0100. The van der Waals surface area contributed by atoms with Gasteiger partial charge in [-0.3, -0.25) is 0 Å². The van der Waals surface area contributed by atoms with Gasteiger partial charge in [0.1, 0.15) is 5.75 Å². The van der Waals surface area contributed by atoms with Gasteiger partial charge in [0.05, 0.1) is 7.11 Å². The zero-order valence-electron chi connectivity index (χ0n) is 11.9. The summed E-state index contributed by atoms with van der Waals surface area (Å²) in [5.74, 6) is -2.08. The van der Waals surface area contributed by atoms with Gasteiger partial charge in [-0.2, -0.15) is 0 Å². The second kappa shape index (κ2) is 6.54. The van der Waals surface area contributed by atoms with Crippen molar-refractivity contribution < 1.29 is 18.6 Å². The third-order valence-electron chi connectivity index (χ3n) is 3.30. The second-order valence-electron chi connectivity index (χ2n) is 4.78. The summed E-state index contributed by atoms with van der Waals surface area (Å²) in [5.41, 5.74) is 1.47. The summed E-state index contributed by atoms with van der Waals surface area (Å²) in [6.07, 6.45) is 0. The summed E-state index contributed by atoms with van der Waals surface area (Å²) in [6, 6.07) is 9.80. The molecule has 0 heterocycles. The second-order valence-corrected chi connectivity index (χ2v) is 4.78. The van der Waals surface area contributed by atoms with Gasteiger partial charge in [0, 0.05) is 12.6 Å². The minimum atomic E-state index is -0.955. The highest BCUT2D eigenvalue weighted by atomic mass is 19.1. The standard InChI is InChI=1S/C16H17F2NO2/c1-10(12-3-5-13(21-2)6-4-12)19-9-11-7-14(17)16(20)15(18)8-11/h3-8,10,19-20H,9H2,1-2H3. The van der Waals surface area contributed by atoms with E-state index in [2.05, 4.69) is 5.32 Å². The average molecular weight is 293 g/mol. The van der Waals surface area contributed by atoms with Crippen LogP contribution < -0.4 is 10.1 Å². The smallest absolute Gasteiger partial charge is 0.187 e. The molecule has 0 bridgehead atoms. The summed E-state index contributed by atoms with van der Waals surface area (Å²) in [7, 11) is 1.60. The lowest BCUT2D eigenvalue weighted by atomic mass is 10.1. The van der Waals surface area contributed by atoms with Gasteiger partial charge in [-0.25, -0.2) is 8.78 Å².